The number of carbonyl (C=O) groups excluding carboxylic acids is 2. The highest BCUT2D eigenvalue weighted by Crippen LogP contribution is 2.49. The van der Waals surface area contributed by atoms with Crippen LogP contribution in [-0.2, 0) is 6.54 Å². The van der Waals surface area contributed by atoms with Gasteiger partial charge in [-0.2, -0.15) is 10.5 Å². The van der Waals surface area contributed by atoms with Crippen molar-refractivity contribution in [2.24, 2.45) is 16.1 Å². The molecule has 0 aliphatic carbocycles. The van der Waals surface area contributed by atoms with Crippen LogP contribution in [-0.4, -0.2) is 22.4 Å². The van der Waals surface area contributed by atoms with Crippen molar-refractivity contribution in [3.63, 3.8) is 0 Å². The number of amides is 2. The Hall–Kier alpha value is -4.11. The molecule has 32 heavy (non-hydrogen) atoms. The van der Waals surface area contributed by atoms with Crippen molar-refractivity contribution in [2.45, 2.75) is 12.6 Å². The first-order chi connectivity index (χ1) is 15.5. The molecule has 2 aliphatic rings. The lowest BCUT2D eigenvalue weighted by atomic mass is 9.71. The van der Waals surface area contributed by atoms with Gasteiger partial charge in [-0.15, -0.1) is 11.3 Å². The number of rotatable bonds is 3. The Kier molecular flexibility index (Phi) is 4.49. The van der Waals surface area contributed by atoms with Crippen LogP contribution in [0.3, 0.4) is 0 Å². The van der Waals surface area contributed by atoms with Gasteiger partial charge in [-0.3, -0.25) is 14.5 Å². The maximum absolute atomic E-state index is 12.8. The van der Waals surface area contributed by atoms with E-state index in [9.17, 15) is 20.1 Å². The molecule has 0 saturated heterocycles. The monoisotopic (exact) mass is 437 g/mol. The number of nitriles is 2. The average molecular weight is 437 g/mol. The second-order valence-corrected chi connectivity index (χ2v) is 8.42. The van der Waals surface area contributed by atoms with E-state index in [0.29, 0.717) is 38.5 Å². The molecule has 3 heterocycles. The number of hydrogen-bond acceptors (Lipinski definition) is 7. The van der Waals surface area contributed by atoms with Gasteiger partial charge in [-0.05, 0) is 28.6 Å². The van der Waals surface area contributed by atoms with Crippen LogP contribution in [0.15, 0.2) is 65.0 Å². The van der Waals surface area contributed by atoms with E-state index >= 15 is 0 Å². The van der Waals surface area contributed by atoms with Gasteiger partial charge in [-0.25, -0.2) is 4.99 Å². The van der Waals surface area contributed by atoms with Crippen LogP contribution >= 0.6 is 11.3 Å². The minimum Gasteiger partial charge on any atom is -0.321 e. The van der Waals surface area contributed by atoms with Crippen molar-refractivity contribution in [1.82, 2.24) is 4.90 Å². The van der Waals surface area contributed by atoms with Gasteiger partial charge in [0.2, 0.25) is 5.41 Å². The summed E-state index contributed by atoms with van der Waals surface area (Å²) in [5.41, 5.74) is 7.64. The zero-order valence-electron chi connectivity index (χ0n) is 16.6. The van der Waals surface area contributed by atoms with Crippen molar-refractivity contribution in [3.05, 3.63) is 87.8 Å². The van der Waals surface area contributed by atoms with E-state index in [1.807, 2.05) is 6.07 Å². The third kappa shape index (κ3) is 2.64. The van der Waals surface area contributed by atoms with Gasteiger partial charge in [0.05, 0.1) is 41.6 Å². The van der Waals surface area contributed by atoms with Crippen LogP contribution in [0, 0.1) is 28.1 Å². The number of carbonyl (C=O) groups is 2. The summed E-state index contributed by atoms with van der Waals surface area (Å²) >= 11 is 1.31. The van der Waals surface area contributed by atoms with Crippen molar-refractivity contribution >= 4 is 33.9 Å². The molecule has 1 atom stereocenters. The van der Waals surface area contributed by atoms with Crippen LogP contribution in [0.5, 0.6) is 0 Å². The lowest BCUT2D eigenvalue weighted by Gasteiger charge is -2.32. The lowest BCUT2D eigenvalue weighted by molar-refractivity contribution is 0.0642. The number of imide groups is 1. The highest BCUT2D eigenvalue weighted by atomic mass is 32.1. The van der Waals surface area contributed by atoms with Crippen molar-refractivity contribution in [1.29, 1.82) is 10.5 Å². The molecule has 2 aromatic carbocycles. The van der Waals surface area contributed by atoms with Crippen LogP contribution < -0.4 is 5.73 Å². The number of benzene rings is 2. The maximum Gasteiger partial charge on any atom is 0.261 e. The number of fused-ring (bicyclic) bond motifs is 2. The Labute approximate surface area is 187 Å². The van der Waals surface area contributed by atoms with Crippen LogP contribution in [0.1, 0.15) is 43.4 Å². The molecule has 0 fully saturated rings. The molecule has 2 amide bonds. The first-order valence-corrected chi connectivity index (χ1v) is 10.7. The summed E-state index contributed by atoms with van der Waals surface area (Å²) in [5, 5.41) is 22.4. The fourth-order valence-corrected chi connectivity index (χ4v) is 5.18. The van der Waals surface area contributed by atoms with Crippen LogP contribution in [0.25, 0.3) is 0 Å². The van der Waals surface area contributed by atoms with Crippen LogP contribution in [0.2, 0.25) is 0 Å². The van der Waals surface area contributed by atoms with Gasteiger partial charge in [0.1, 0.15) is 5.00 Å². The van der Waals surface area contributed by atoms with Gasteiger partial charge in [0.15, 0.2) is 0 Å². The Morgan fingerprint density at radius 1 is 1.00 bits per heavy atom. The van der Waals surface area contributed by atoms with E-state index in [4.69, 9.17) is 5.73 Å². The number of aliphatic imine (C=N–C) groups is 1. The molecular formula is C24H15N5O2S. The van der Waals surface area contributed by atoms with E-state index < -0.39 is 11.5 Å². The van der Waals surface area contributed by atoms with Gasteiger partial charge in [0, 0.05) is 5.56 Å². The minimum absolute atomic E-state index is 0.00495. The Morgan fingerprint density at radius 3 is 2.19 bits per heavy atom. The molecular weight excluding hydrogens is 422 g/mol. The quantitative estimate of drug-likeness (QED) is 0.626. The summed E-state index contributed by atoms with van der Waals surface area (Å²) in [6.07, 6.45) is 0. The van der Waals surface area contributed by atoms with E-state index in [2.05, 4.69) is 17.1 Å². The second-order valence-electron chi connectivity index (χ2n) is 7.56. The predicted octanol–water partition coefficient (Wildman–Crippen LogP) is 3.71. The van der Waals surface area contributed by atoms with Gasteiger partial charge < -0.3 is 5.73 Å². The zero-order chi connectivity index (χ0) is 22.5. The SMILES string of the molecule is N#CC1(C#N)C(c2ccccc2)=Nc2scc(CN3C(=O)c4ccccc4C3=O)c2C1N. The Morgan fingerprint density at radius 2 is 1.59 bits per heavy atom. The maximum atomic E-state index is 12.8. The van der Waals surface area contributed by atoms with Gasteiger partial charge in [-0.1, -0.05) is 42.5 Å². The van der Waals surface area contributed by atoms with Crippen molar-refractivity contribution < 1.29 is 9.59 Å². The van der Waals surface area contributed by atoms with E-state index in [-0.39, 0.29) is 18.4 Å². The standard InChI is InChI=1S/C24H15N5O2S/c25-12-24(13-26)19(27)18-15(10-29-22(30)16-8-4-5-9-17(16)23(29)31)11-32-21(18)28-20(24)14-6-2-1-3-7-14/h1-9,11,19H,10,27H2. The van der Waals surface area contributed by atoms with E-state index in [1.54, 1.807) is 53.9 Å². The fraction of sp³-hybridized carbons (Fsp3) is 0.125. The highest BCUT2D eigenvalue weighted by molar-refractivity contribution is 7.14. The van der Waals surface area contributed by atoms with E-state index in [1.165, 1.54) is 11.3 Å². The first-order valence-electron chi connectivity index (χ1n) is 9.80. The zero-order valence-corrected chi connectivity index (χ0v) is 17.5. The van der Waals surface area contributed by atoms with Gasteiger partial charge in [0.25, 0.3) is 11.8 Å². The number of thiophene rings is 1. The molecule has 8 heteroatoms. The molecule has 0 bridgehead atoms. The number of hydrogen-bond donors (Lipinski definition) is 1. The summed E-state index contributed by atoms with van der Waals surface area (Å²) in [6.45, 7) is -0.00495. The summed E-state index contributed by atoms with van der Waals surface area (Å²) in [6, 6.07) is 18.9. The smallest absolute Gasteiger partial charge is 0.261 e. The van der Waals surface area contributed by atoms with E-state index in [0.717, 1.165) is 4.90 Å². The minimum atomic E-state index is -1.70. The molecule has 1 unspecified atom stereocenters. The molecule has 0 saturated carbocycles. The number of nitrogens with two attached hydrogens (primary N) is 1. The first kappa shape index (κ1) is 19.8. The summed E-state index contributed by atoms with van der Waals surface area (Å²) in [4.78, 5) is 31.4. The Balaban J connectivity index is 1.59. The second kappa shape index (κ2) is 7.24. The molecule has 154 valence electrons. The van der Waals surface area contributed by atoms with Crippen molar-refractivity contribution in [2.75, 3.05) is 0 Å². The normalized spacial score (nSPS) is 18.4. The average Bonchev–Trinajstić information content (AvgIpc) is 3.35. The molecule has 2 aliphatic heterocycles. The summed E-state index contributed by atoms with van der Waals surface area (Å²) in [7, 11) is 0. The molecule has 0 spiro atoms. The Bertz CT molecular complexity index is 1340. The molecule has 0 radical (unpaired) electrons. The summed E-state index contributed by atoms with van der Waals surface area (Å²) < 4.78 is 0. The largest absolute Gasteiger partial charge is 0.321 e. The fourth-order valence-electron chi connectivity index (χ4n) is 4.20. The molecule has 5 rings (SSSR count). The number of nitrogens with zero attached hydrogens (tertiary/aromatic N) is 4. The summed E-state index contributed by atoms with van der Waals surface area (Å²) in [5.74, 6) is -0.759. The highest BCUT2D eigenvalue weighted by Gasteiger charge is 2.49. The lowest BCUT2D eigenvalue weighted by Crippen LogP contribution is -2.42. The molecule has 3 aromatic rings. The third-order valence-corrected chi connectivity index (χ3v) is 6.80. The third-order valence-electron chi connectivity index (χ3n) is 5.86. The van der Waals surface area contributed by atoms with Crippen LogP contribution in [0.4, 0.5) is 5.00 Å². The molecule has 7 nitrogen and oxygen atoms in total. The van der Waals surface area contributed by atoms with Crippen molar-refractivity contribution in [3.8, 4) is 12.1 Å². The predicted molar refractivity (Wildman–Crippen MR) is 118 cm³/mol. The van der Waals surface area contributed by atoms with Gasteiger partial charge >= 0.3 is 0 Å². The molecule has 2 N–H and O–H groups in total. The topological polar surface area (TPSA) is 123 Å². The molecule has 1 aromatic heterocycles.